The third kappa shape index (κ3) is 2.05. The van der Waals surface area contributed by atoms with E-state index in [0.717, 1.165) is 5.56 Å². The number of halogens is 2. The predicted molar refractivity (Wildman–Crippen MR) is 45.8 cm³/mol. The second-order valence-corrected chi connectivity index (χ2v) is 2.48. The molecule has 1 aromatic carbocycles. The molecule has 0 heterocycles. The lowest BCUT2D eigenvalue weighted by atomic mass is 10.2. The van der Waals surface area contributed by atoms with Gasteiger partial charge in [0.05, 0.1) is 5.02 Å². The highest BCUT2D eigenvalue weighted by Gasteiger charge is 1.97. The molecule has 0 saturated carbocycles. The Kier molecular flexibility index (Phi) is 2.66. The average Bonchev–Trinajstić information content (AvgIpc) is 1.98. The van der Waals surface area contributed by atoms with Crippen LogP contribution in [0.5, 0.6) is 0 Å². The maximum atomic E-state index is 12.7. The summed E-state index contributed by atoms with van der Waals surface area (Å²) in [6.45, 7) is 3.50. The molecule has 0 amide bonds. The summed E-state index contributed by atoms with van der Waals surface area (Å²) in [7, 11) is 0. The van der Waals surface area contributed by atoms with Crippen molar-refractivity contribution in [1.29, 1.82) is 0 Å². The van der Waals surface area contributed by atoms with E-state index in [1.54, 1.807) is 18.2 Å². The summed E-state index contributed by atoms with van der Waals surface area (Å²) in [6.07, 6.45) is 3.31. The molecule has 0 aliphatic heterocycles. The van der Waals surface area contributed by atoms with Crippen molar-refractivity contribution >= 4 is 17.7 Å². The minimum absolute atomic E-state index is 0.145. The Balaban J connectivity index is 3.05. The summed E-state index contributed by atoms with van der Waals surface area (Å²) in [5.74, 6) is -0.401. The van der Waals surface area contributed by atoms with Gasteiger partial charge in [0.15, 0.2) is 0 Å². The quantitative estimate of drug-likeness (QED) is 0.605. The highest BCUT2D eigenvalue weighted by molar-refractivity contribution is 6.30. The monoisotopic (exact) mass is 169 g/mol. The molecule has 11 heavy (non-hydrogen) atoms. The van der Waals surface area contributed by atoms with E-state index >= 15 is 0 Å². The molecule has 0 unspecified atom stereocenters. The van der Waals surface area contributed by atoms with E-state index in [4.69, 9.17) is 11.6 Å². The summed E-state index contributed by atoms with van der Waals surface area (Å²) in [5, 5.41) is 0.145. The molecule has 0 aliphatic rings. The van der Waals surface area contributed by atoms with Crippen LogP contribution >= 0.6 is 11.6 Å². The molecule has 0 spiro atoms. The first-order valence-electron chi connectivity index (χ1n) is 3.15. The van der Waals surface area contributed by atoms with Crippen molar-refractivity contribution in [2.24, 2.45) is 0 Å². The van der Waals surface area contributed by atoms with Crippen LogP contribution in [0, 0.1) is 12.7 Å². The molecule has 0 saturated heterocycles. The lowest BCUT2D eigenvalue weighted by Crippen LogP contribution is -1.77. The van der Waals surface area contributed by atoms with Crippen molar-refractivity contribution in [1.82, 2.24) is 0 Å². The van der Waals surface area contributed by atoms with Gasteiger partial charge in [0.25, 0.3) is 0 Å². The van der Waals surface area contributed by atoms with E-state index < -0.39 is 5.82 Å². The number of hydrogen-bond donors (Lipinski definition) is 0. The standard InChI is InChI=1S/C9H7ClF/c1-2-3-7-4-5-8(10)9(11)6-7/h2-6H,1H2/b3-2+. The van der Waals surface area contributed by atoms with Gasteiger partial charge in [0, 0.05) is 0 Å². The smallest absolute Gasteiger partial charge is 0.142 e. The maximum Gasteiger partial charge on any atom is 0.142 e. The lowest BCUT2D eigenvalue weighted by molar-refractivity contribution is 0.628. The zero-order valence-electron chi connectivity index (χ0n) is 5.85. The van der Waals surface area contributed by atoms with Crippen LogP contribution in [0.25, 0.3) is 6.08 Å². The molecular weight excluding hydrogens is 163 g/mol. The fourth-order valence-electron chi connectivity index (χ4n) is 0.752. The van der Waals surface area contributed by atoms with Crippen molar-refractivity contribution in [3.8, 4) is 0 Å². The van der Waals surface area contributed by atoms with Crippen LogP contribution < -0.4 is 0 Å². The largest absolute Gasteiger partial charge is 0.205 e. The van der Waals surface area contributed by atoms with Gasteiger partial charge >= 0.3 is 0 Å². The molecular formula is C9H7ClF. The summed E-state index contributed by atoms with van der Waals surface area (Å²) >= 11 is 5.47. The topological polar surface area (TPSA) is 0 Å². The molecule has 0 aliphatic carbocycles. The van der Waals surface area contributed by atoms with Crippen molar-refractivity contribution in [3.05, 3.63) is 47.6 Å². The van der Waals surface area contributed by atoms with Crippen LogP contribution in [0.3, 0.4) is 0 Å². The van der Waals surface area contributed by atoms with E-state index in [2.05, 4.69) is 6.92 Å². The molecule has 57 valence electrons. The van der Waals surface area contributed by atoms with Gasteiger partial charge in [-0.3, -0.25) is 0 Å². The SMILES string of the molecule is [CH2]/C=C/c1ccc(Cl)c(F)c1. The Bertz CT molecular complexity index is 279. The highest BCUT2D eigenvalue weighted by Crippen LogP contribution is 2.15. The van der Waals surface area contributed by atoms with Gasteiger partial charge in [0.2, 0.25) is 0 Å². The fraction of sp³-hybridized carbons (Fsp3) is 0. The Morgan fingerprint density at radius 1 is 1.45 bits per heavy atom. The predicted octanol–water partition coefficient (Wildman–Crippen LogP) is 3.33. The Hall–Kier alpha value is -0.820. The molecule has 2 heteroatoms. The molecule has 1 aromatic rings. The number of allylic oxidation sites excluding steroid dienone is 1. The van der Waals surface area contributed by atoms with Gasteiger partial charge in [-0.05, 0) is 24.6 Å². The van der Waals surface area contributed by atoms with Gasteiger partial charge < -0.3 is 0 Å². The zero-order valence-corrected chi connectivity index (χ0v) is 6.61. The molecule has 0 nitrogen and oxygen atoms in total. The summed E-state index contributed by atoms with van der Waals surface area (Å²) in [5.41, 5.74) is 0.766. The maximum absolute atomic E-state index is 12.7. The summed E-state index contributed by atoms with van der Waals surface area (Å²) < 4.78 is 12.7. The third-order valence-electron chi connectivity index (χ3n) is 1.25. The lowest BCUT2D eigenvalue weighted by Gasteiger charge is -1.94. The first-order valence-corrected chi connectivity index (χ1v) is 3.52. The normalized spacial score (nSPS) is 10.8. The van der Waals surface area contributed by atoms with Crippen LogP contribution in [0.15, 0.2) is 24.3 Å². The highest BCUT2D eigenvalue weighted by atomic mass is 35.5. The molecule has 0 N–H and O–H groups in total. The van der Waals surface area contributed by atoms with Gasteiger partial charge in [-0.2, -0.15) is 0 Å². The van der Waals surface area contributed by atoms with E-state index in [9.17, 15) is 4.39 Å². The van der Waals surface area contributed by atoms with E-state index in [1.165, 1.54) is 12.1 Å². The summed E-state index contributed by atoms with van der Waals surface area (Å²) in [6, 6.07) is 4.61. The second-order valence-electron chi connectivity index (χ2n) is 2.08. The Morgan fingerprint density at radius 2 is 2.18 bits per heavy atom. The minimum atomic E-state index is -0.401. The molecule has 0 aromatic heterocycles. The first-order chi connectivity index (χ1) is 5.24. The third-order valence-corrected chi connectivity index (χ3v) is 1.56. The number of benzene rings is 1. The van der Waals surface area contributed by atoms with Crippen molar-refractivity contribution in [2.45, 2.75) is 0 Å². The van der Waals surface area contributed by atoms with Crippen LogP contribution in [0.4, 0.5) is 4.39 Å². The molecule has 1 radical (unpaired) electrons. The van der Waals surface area contributed by atoms with E-state index in [1.807, 2.05) is 0 Å². The Morgan fingerprint density at radius 3 is 2.73 bits per heavy atom. The number of hydrogen-bond acceptors (Lipinski definition) is 0. The molecule has 0 atom stereocenters. The summed E-state index contributed by atoms with van der Waals surface area (Å²) in [4.78, 5) is 0. The van der Waals surface area contributed by atoms with Gasteiger partial charge in [-0.1, -0.05) is 29.8 Å². The van der Waals surface area contributed by atoms with E-state index in [-0.39, 0.29) is 5.02 Å². The molecule has 0 fully saturated rings. The minimum Gasteiger partial charge on any atom is -0.205 e. The average molecular weight is 170 g/mol. The van der Waals surface area contributed by atoms with E-state index in [0.29, 0.717) is 0 Å². The Labute approximate surface area is 70.3 Å². The van der Waals surface area contributed by atoms with Crippen LogP contribution in [0.2, 0.25) is 5.02 Å². The van der Waals surface area contributed by atoms with Gasteiger partial charge in [-0.25, -0.2) is 4.39 Å². The van der Waals surface area contributed by atoms with Crippen molar-refractivity contribution in [3.63, 3.8) is 0 Å². The second kappa shape index (κ2) is 3.54. The van der Waals surface area contributed by atoms with Crippen molar-refractivity contribution < 1.29 is 4.39 Å². The van der Waals surface area contributed by atoms with Crippen LogP contribution in [-0.4, -0.2) is 0 Å². The fourth-order valence-corrected chi connectivity index (χ4v) is 0.870. The van der Waals surface area contributed by atoms with Crippen LogP contribution in [-0.2, 0) is 0 Å². The van der Waals surface area contributed by atoms with Crippen LogP contribution in [0.1, 0.15) is 5.56 Å². The van der Waals surface area contributed by atoms with Gasteiger partial charge in [-0.15, -0.1) is 0 Å². The number of rotatable bonds is 1. The van der Waals surface area contributed by atoms with Crippen molar-refractivity contribution in [2.75, 3.05) is 0 Å². The molecule has 1 rings (SSSR count). The molecule has 0 bridgehead atoms. The first kappa shape index (κ1) is 8.28. The van der Waals surface area contributed by atoms with Gasteiger partial charge in [0.1, 0.15) is 5.82 Å². The zero-order chi connectivity index (χ0) is 8.27.